The maximum absolute atomic E-state index is 12.3. The quantitative estimate of drug-likeness (QED) is 0.386. The molecule has 2 rings (SSSR count). The largest absolute Gasteiger partial charge is 0.493 e. The fraction of sp³-hybridized carbons (Fsp3) is 0.462. The standard InChI is InChI=1S/C26H36N2O6/c1-31-21-13-9-11-19(25(21)33-3)17-23(29)27-15-7-5-6-8-16-28-24(30)18-20-12-10-14-22(32-2)26(20)34-4/h9-14H,5-8,15-18H2,1-4H3,(H,27,29)(H,28,30). The average molecular weight is 473 g/mol. The molecule has 2 N–H and O–H groups in total. The zero-order valence-electron chi connectivity index (χ0n) is 20.6. The van der Waals surface area contributed by atoms with E-state index in [0.29, 0.717) is 36.1 Å². The van der Waals surface area contributed by atoms with Crippen LogP contribution in [0.2, 0.25) is 0 Å². The molecule has 2 amide bonds. The number of nitrogens with one attached hydrogen (secondary N) is 2. The van der Waals surface area contributed by atoms with E-state index in [2.05, 4.69) is 10.6 Å². The molecule has 0 fully saturated rings. The van der Waals surface area contributed by atoms with E-state index in [-0.39, 0.29) is 24.7 Å². The van der Waals surface area contributed by atoms with Gasteiger partial charge in [0.15, 0.2) is 23.0 Å². The normalized spacial score (nSPS) is 10.4. The first-order valence-corrected chi connectivity index (χ1v) is 11.5. The van der Waals surface area contributed by atoms with Crippen LogP contribution in [-0.4, -0.2) is 53.3 Å². The van der Waals surface area contributed by atoms with Crippen LogP contribution in [-0.2, 0) is 22.4 Å². The second kappa shape index (κ2) is 14.7. The summed E-state index contributed by atoms with van der Waals surface area (Å²) < 4.78 is 21.3. The van der Waals surface area contributed by atoms with Crippen LogP contribution in [0.25, 0.3) is 0 Å². The molecule has 2 aromatic carbocycles. The Bertz CT molecular complexity index is 856. The molecule has 0 aromatic heterocycles. The Hall–Kier alpha value is -3.42. The molecule has 34 heavy (non-hydrogen) atoms. The topological polar surface area (TPSA) is 95.1 Å². The van der Waals surface area contributed by atoms with Gasteiger partial charge in [-0.3, -0.25) is 9.59 Å². The van der Waals surface area contributed by atoms with Crippen LogP contribution < -0.4 is 29.6 Å². The lowest BCUT2D eigenvalue weighted by molar-refractivity contribution is -0.121. The molecule has 0 aliphatic heterocycles. The van der Waals surface area contributed by atoms with Gasteiger partial charge in [-0.1, -0.05) is 37.1 Å². The Morgan fingerprint density at radius 1 is 0.618 bits per heavy atom. The summed E-state index contributed by atoms with van der Waals surface area (Å²) in [6.45, 7) is 1.24. The molecule has 0 unspecified atom stereocenters. The second-order valence-corrected chi connectivity index (χ2v) is 7.77. The third kappa shape index (κ3) is 8.17. The highest BCUT2D eigenvalue weighted by atomic mass is 16.5. The number of methoxy groups -OCH3 is 4. The average Bonchev–Trinajstić information content (AvgIpc) is 2.85. The number of rotatable bonds is 15. The van der Waals surface area contributed by atoms with Crippen molar-refractivity contribution in [2.24, 2.45) is 0 Å². The molecule has 186 valence electrons. The van der Waals surface area contributed by atoms with Gasteiger partial charge in [0.25, 0.3) is 0 Å². The van der Waals surface area contributed by atoms with Gasteiger partial charge in [-0.05, 0) is 25.0 Å². The van der Waals surface area contributed by atoms with Crippen LogP contribution in [0.3, 0.4) is 0 Å². The molecule has 0 atom stereocenters. The number of para-hydroxylation sites is 2. The fourth-order valence-electron chi connectivity index (χ4n) is 3.72. The number of hydrogen-bond acceptors (Lipinski definition) is 6. The maximum Gasteiger partial charge on any atom is 0.224 e. The number of carbonyl (C=O) groups is 2. The molecule has 8 heteroatoms. The molecular weight excluding hydrogens is 436 g/mol. The zero-order chi connectivity index (χ0) is 24.8. The minimum atomic E-state index is -0.0493. The number of hydrogen-bond donors (Lipinski definition) is 2. The van der Waals surface area contributed by atoms with E-state index in [9.17, 15) is 9.59 Å². The Morgan fingerprint density at radius 3 is 1.38 bits per heavy atom. The van der Waals surface area contributed by atoms with Crippen molar-refractivity contribution >= 4 is 11.8 Å². The summed E-state index contributed by atoms with van der Waals surface area (Å²) in [4.78, 5) is 24.5. The molecule has 2 aromatic rings. The van der Waals surface area contributed by atoms with Gasteiger partial charge in [0.1, 0.15) is 0 Å². The third-order valence-electron chi connectivity index (χ3n) is 5.42. The summed E-state index contributed by atoms with van der Waals surface area (Å²) in [5.74, 6) is 2.31. The highest BCUT2D eigenvalue weighted by Gasteiger charge is 2.14. The van der Waals surface area contributed by atoms with Gasteiger partial charge in [-0.2, -0.15) is 0 Å². The van der Waals surface area contributed by atoms with Crippen molar-refractivity contribution in [1.29, 1.82) is 0 Å². The summed E-state index contributed by atoms with van der Waals surface area (Å²) in [5, 5.41) is 5.90. The third-order valence-corrected chi connectivity index (χ3v) is 5.42. The fourth-order valence-corrected chi connectivity index (χ4v) is 3.72. The highest BCUT2D eigenvalue weighted by Crippen LogP contribution is 2.31. The van der Waals surface area contributed by atoms with Crippen LogP contribution in [0.1, 0.15) is 36.8 Å². The van der Waals surface area contributed by atoms with E-state index in [1.165, 1.54) is 0 Å². The lowest BCUT2D eigenvalue weighted by atomic mass is 10.1. The molecule has 0 saturated carbocycles. The molecule has 8 nitrogen and oxygen atoms in total. The SMILES string of the molecule is COc1cccc(CC(=O)NCCCCCCNC(=O)Cc2cccc(OC)c2OC)c1OC. The van der Waals surface area contributed by atoms with Crippen molar-refractivity contribution < 1.29 is 28.5 Å². The van der Waals surface area contributed by atoms with Crippen molar-refractivity contribution in [3.63, 3.8) is 0 Å². The van der Waals surface area contributed by atoms with Crippen LogP contribution in [0.15, 0.2) is 36.4 Å². The van der Waals surface area contributed by atoms with Crippen LogP contribution in [0, 0.1) is 0 Å². The molecule has 0 spiro atoms. The Morgan fingerprint density at radius 2 is 1.03 bits per heavy atom. The number of ether oxygens (including phenoxy) is 4. The number of benzene rings is 2. The molecular formula is C26H36N2O6. The first-order valence-electron chi connectivity index (χ1n) is 11.5. The summed E-state index contributed by atoms with van der Waals surface area (Å²) >= 11 is 0. The minimum absolute atomic E-state index is 0.0493. The van der Waals surface area contributed by atoms with E-state index >= 15 is 0 Å². The van der Waals surface area contributed by atoms with E-state index in [0.717, 1.165) is 36.8 Å². The molecule has 0 aliphatic rings. The first-order chi connectivity index (χ1) is 16.5. The molecule has 0 heterocycles. The van der Waals surface area contributed by atoms with Gasteiger partial charge in [-0.15, -0.1) is 0 Å². The van der Waals surface area contributed by atoms with E-state index in [1.807, 2.05) is 24.3 Å². The maximum atomic E-state index is 12.3. The predicted molar refractivity (Wildman–Crippen MR) is 131 cm³/mol. The number of carbonyl (C=O) groups excluding carboxylic acids is 2. The van der Waals surface area contributed by atoms with Crippen LogP contribution in [0.5, 0.6) is 23.0 Å². The van der Waals surface area contributed by atoms with Gasteiger partial charge >= 0.3 is 0 Å². The minimum Gasteiger partial charge on any atom is -0.493 e. The molecule has 0 bridgehead atoms. The van der Waals surface area contributed by atoms with Gasteiger partial charge in [0, 0.05) is 24.2 Å². The monoisotopic (exact) mass is 472 g/mol. The second-order valence-electron chi connectivity index (χ2n) is 7.77. The van der Waals surface area contributed by atoms with E-state index < -0.39 is 0 Å². The van der Waals surface area contributed by atoms with Gasteiger partial charge < -0.3 is 29.6 Å². The first kappa shape index (κ1) is 26.8. The Balaban J connectivity index is 1.59. The lowest BCUT2D eigenvalue weighted by Gasteiger charge is -2.13. The van der Waals surface area contributed by atoms with Crippen molar-refractivity contribution in [3.8, 4) is 23.0 Å². The Labute approximate surface area is 201 Å². The van der Waals surface area contributed by atoms with Crippen molar-refractivity contribution in [2.75, 3.05) is 41.5 Å². The summed E-state index contributed by atoms with van der Waals surface area (Å²) in [6.07, 6.45) is 4.20. The van der Waals surface area contributed by atoms with Gasteiger partial charge in [0.05, 0.1) is 41.3 Å². The van der Waals surface area contributed by atoms with Crippen molar-refractivity contribution in [3.05, 3.63) is 47.5 Å². The number of unbranched alkanes of at least 4 members (excludes halogenated alkanes) is 3. The lowest BCUT2D eigenvalue weighted by Crippen LogP contribution is -2.27. The van der Waals surface area contributed by atoms with Crippen LogP contribution in [0.4, 0.5) is 0 Å². The van der Waals surface area contributed by atoms with Gasteiger partial charge in [-0.25, -0.2) is 0 Å². The summed E-state index contributed by atoms with van der Waals surface area (Å²) in [6, 6.07) is 11.0. The summed E-state index contributed by atoms with van der Waals surface area (Å²) in [5.41, 5.74) is 1.59. The van der Waals surface area contributed by atoms with Crippen molar-refractivity contribution in [2.45, 2.75) is 38.5 Å². The molecule has 0 saturated heterocycles. The predicted octanol–water partition coefficient (Wildman–Crippen LogP) is 3.30. The molecule has 0 aliphatic carbocycles. The molecule has 0 radical (unpaired) electrons. The number of amides is 2. The van der Waals surface area contributed by atoms with E-state index in [4.69, 9.17) is 18.9 Å². The van der Waals surface area contributed by atoms with E-state index in [1.54, 1.807) is 40.6 Å². The van der Waals surface area contributed by atoms with Gasteiger partial charge in [0.2, 0.25) is 11.8 Å². The van der Waals surface area contributed by atoms with Crippen molar-refractivity contribution in [1.82, 2.24) is 10.6 Å². The highest BCUT2D eigenvalue weighted by molar-refractivity contribution is 5.80. The smallest absolute Gasteiger partial charge is 0.224 e. The summed E-state index contributed by atoms with van der Waals surface area (Å²) in [7, 11) is 6.28. The zero-order valence-corrected chi connectivity index (χ0v) is 20.6. The Kier molecular flexibility index (Phi) is 11.6. The van der Waals surface area contributed by atoms with Crippen LogP contribution >= 0.6 is 0 Å².